The van der Waals surface area contributed by atoms with Gasteiger partial charge in [-0.2, -0.15) is 5.10 Å². The largest absolute Gasteiger partial charge is 0.318 e. The highest BCUT2D eigenvalue weighted by atomic mass is 35.5. The summed E-state index contributed by atoms with van der Waals surface area (Å²) in [5, 5.41) is 4.31. The molecule has 27 heavy (non-hydrogen) atoms. The van der Waals surface area contributed by atoms with Gasteiger partial charge in [-0.15, -0.1) is 0 Å². The van der Waals surface area contributed by atoms with E-state index in [0.29, 0.717) is 10.6 Å². The molecule has 1 N–H and O–H groups in total. The summed E-state index contributed by atoms with van der Waals surface area (Å²) in [6.07, 6.45) is 5.19. The van der Waals surface area contributed by atoms with Gasteiger partial charge in [-0.1, -0.05) is 48.0 Å². The second-order valence-corrected chi connectivity index (χ2v) is 6.51. The molecule has 4 nitrogen and oxygen atoms in total. The third-order valence-corrected chi connectivity index (χ3v) is 4.45. The normalized spacial score (nSPS) is 11.4. The van der Waals surface area contributed by atoms with Crippen molar-refractivity contribution in [3.8, 4) is 5.69 Å². The van der Waals surface area contributed by atoms with E-state index in [1.54, 1.807) is 18.2 Å². The van der Waals surface area contributed by atoms with Gasteiger partial charge in [-0.3, -0.25) is 4.79 Å². The van der Waals surface area contributed by atoms with E-state index in [0.717, 1.165) is 22.6 Å². The first-order chi connectivity index (χ1) is 13.1. The zero-order valence-corrected chi connectivity index (χ0v) is 15.9. The Morgan fingerprint density at radius 2 is 1.74 bits per heavy atom. The van der Waals surface area contributed by atoms with E-state index in [1.165, 1.54) is 6.21 Å². The van der Waals surface area contributed by atoms with Gasteiger partial charge in [0.1, 0.15) is 0 Å². The monoisotopic (exact) mass is 377 g/mol. The first-order valence-corrected chi connectivity index (χ1v) is 8.94. The summed E-state index contributed by atoms with van der Waals surface area (Å²) in [6.45, 7) is 4.05. The van der Waals surface area contributed by atoms with Crippen molar-refractivity contribution in [3.63, 3.8) is 0 Å². The van der Waals surface area contributed by atoms with Crippen LogP contribution in [0, 0.1) is 13.8 Å². The number of aromatic nitrogens is 1. The molecular formula is C22H20ClN3O. The number of nitrogens with zero attached hydrogens (tertiary/aromatic N) is 2. The van der Waals surface area contributed by atoms with Gasteiger partial charge in [-0.25, -0.2) is 5.43 Å². The summed E-state index contributed by atoms with van der Waals surface area (Å²) in [5.41, 5.74) is 7.07. The summed E-state index contributed by atoms with van der Waals surface area (Å²) in [5.74, 6) is -0.350. The Balaban J connectivity index is 1.67. The van der Waals surface area contributed by atoms with Crippen LogP contribution >= 0.6 is 11.6 Å². The Morgan fingerprint density at radius 3 is 2.41 bits per heavy atom. The van der Waals surface area contributed by atoms with Crippen LogP contribution in [0.25, 0.3) is 11.8 Å². The Labute approximate surface area is 163 Å². The van der Waals surface area contributed by atoms with Gasteiger partial charge in [0.2, 0.25) is 0 Å². The number of hydrogen-bond acceptors (Lipinski definition) is 2. The average Bonchev–Trinajstić information content (AvgIpc) is 3.00. The minimum atomic E-state index is -0.350. The summed E-state index contributed by atoms with van der Waals surface area (Å²) in [4.78, 5) is 12.3. The van der Waals surface area contributed by atoms with Crippen molar-refractivity contribution in [2.45, 2.75) is 13.8 Å². The Kier molecular flexibility index (Phi) is 5.89. The molecule has 2 aromatic carbocycles. The van der Waals surface area contributed by atoms with Crippen molar-refractivity contribution < 1.29 is 4.79 Å². The van der Waals surface area contributed by atoms with E-state index in [4.69, 9.17) is 11.6 Å². The molecular weight excluding hydrogens is 358 g/mol. The van der Waals surface area contributed by atoms with E-state index in [9.17, 15) is 4.79 Å². The Bertz CT molecular complexity index is 984. The molecule has 0 aliphatic carbocycles. The highest BCUT2D eigenvalue weighted by Gasteiger charge is 2.12. The predicted molar refractivity (Wildman–Crippen MR) is 112 cm³/mol. The molecule has 0 saturated carbocycles. The molecule has 1 heterocycles. The molecule has 1 aromatic heterocycles. The zero-order chi connectivity index (χ0) is 19.2. The molecule has 5 heteroatoms. The molecule has 136 valence electrons. The van der Waals surface area contributed by atoms with Gasteiger partial charge in [0.15, 0.2) is 0 Å². The summed E-state index contributed by atoms with van der Waals surface area (Å²) in [7, 11) is 0. The number of carbonyl (C=O) groups excluding carboxylic acids is 1. The van der Waals surface area contributed by atoms with Gasteiger partial charge >= 0.3 is 0 Å². The van der Waals surface area contributed by atoms with Crippen LogP contribution in [0.1, 0.15) is 27.3 Å². The number of nitrogens with one attached hydrogen (secondary N) is 1. The third kappa shape index (κ3) is 4.54. The second kappa shape index (κ2) is 8.52. The van der Waals surface area contributed by atoms with E-state index < -0.39 is 0 Å². The van der Waals surface area contributed by atoms with Crippen molar-refractivity contribution in [2.24, 2.45) is 5.10 Å². The van der Waals surface area contributed by atoms with Crippen LogP contribution in [0.4, 0.5) is 0 Å². The molecule has 0 bridgehead atoms. The van der Waals surface area contributed by atoms with Crippen molar-refractivity contribution in [3.05, 3.63) is 94.3 Å². The molecule has 1 amide bonds. The molecule has 0 spiro atoms. The number of amides is 1. The highest BCUT2D eigenvalue weighted by Crippen LogP contribution is 2.23. The van der Waals surface area contributed by atoms with Crippen LogP contribution in [0.3, 0.4) is 0 Å². The molecule has 0 unspecified atom stereocenters. The highest BCUT2D eigenvalue weighted by molar-refractivity contribution is 6.34. The maximum atomic E-state index is 12.3. The molecule has 3 aromatic rings. The Hall–Kier alpha value is -3.11. The van der Waals surface area contributed by atoms with Crippen molar-refractivity contribution in [1.29, 1.82) is 0 Å². The standard InChI is InChI=1S/C22H20ClN3O/c1-16-10-11-17(2)26(16)19-12-13-20(21(23)15-19)22(27)25-24-14-6-9-18-7-4-3-5-8-18/h3-15H,1-2H3,(H,25,27)/b9-6+,24-14-. The maximum Gasteiger partial charge on any atom is 0.272 e. The fraction of sp³-hybridized carbons (Fsp3) is 0.0909. The van der Waals surface area contributed by atoms with Crippen molar-refractivity contribution >= 4 is 29.8 Å². The second-order valence-electron chi connectivity index (χ2n) is 6.10. The summed E-state index contributed by atoms with van der Waals surface area (Å²) in [6, 6.07) is 19.3. The molecule has 0 aliphatic heterocycles. The van der Waals surface area contributed by atoms with Gasteiger partial charge in [0.25, 0.3) is 5.91 Å². The lowest BCUT2D eigenvalue weighted by atomic mass is 10.2. The van der Waals surface area contributed by atoms with E-state index in [2.05, 4.69) is 15.1 Å². The lowest BCUT2D eigenvalue weighted by Crippen LogP contribution is -2.18. The maximum absolute atomic E-state index is 12.3. The van der Waals surface area contributed by atoms with Crippen LogP contribution in [0.5, 0.6) is 0 Å². The van der Waals surface area contributed by atoms with E-state index >= 15 is 0 Å². The van der Waals surface area contributed by atoms with Crippen molar-refractivity contribution in [1.82, 2.24) is 9.99 Å². The first kappa shape index (κ1) is 18.7. The molecule has 3 rings (SSSR count). The average molecular weight is 378 g/mol. The topological polar surface area (TPSA) is 46.4 Å². The van der Waals surface area contributed by atoms with Crippen LogP contribution < -0.4 is 5.43 Å². The SMILES string of the molecule is Cc1ccc(C)n1-c1ccc(C(=O)N/N=C\C=C\c2ccccc2)c(Cl)c1. The van der Waals surface area contributed by atoms with E-state index in [-0.39, 0.29) is 5.91 Å². The van der Waals surface area contributed by atoms with E-state index in [1.807, 2.05) is 68.5 Å². The predicted octanol–water partition coefficient (Wildman–Crippen LogP) is 5.18. The number of carbonyl (C=O) groups is 1. The quantitative estimate of drug-likeness (QED) is 0.483. The van der Waals surface area contributed by atoms with Crippen molar-refractivity contribution in [2.75, 3.05) is 0 Å². The molecule has 0 saturated heterocycles. The van der Waals surface area contributed by atoms with Gasteiger partial charge in [0.05, 0.1) is 10.6 Å². The third-order valence-electron chi connectivity index (χ3n) is 4.14. The summed E-state index contributed by atoms with van der Waals surface area (Å²) >= 11 is 6.33. The van der Waals surface area contributed by atoms with Gasteiger partial charge < -0.3 is 4.57 Å². The molecule has 0 atom stereocenters. The summed E-state index contributed by atoms with van der Waals surface area (Å²) < 4.78 is 2.08. The number of allylic oxidation sites excluding steroid dienone is 1. The minimum absolute atomic E-state index is 0.350. The number of rotatable bonds is 5. The lowest BCUT2D eigenvalue weighted by molar-refractivity contribution is 0.0955. The molecule has 0 fully saturated rings. The lowest BCUT2D eigenvalue weighted by Gasteiger charge is -2.11. The van der Waals surface area contributed by atoms with Crippen LogP contribution in [0.2, 0.25) is 5.02 Å². The smallest absolute Gasteiger partial charge is 0.272 e. The molecule has 0 aliphatic rings. The number of hydrazone groups is 1. The molecule has 0 radical (unpaired) electrons. The van der Waals surface area contributed by atoms with Crippen LogP contribution in [-0.2, 0) is 0 Å². The Morgan fingerprint density at radius 1 is 1.04 bits per heavy atom. The van der Waals surface area contributed by atoms with Gasteiger partial charge in [-0.05, 0) is 55.8 Å². The number of aryl methyl sites for hydroxylation is 2. The number of halogens is 1. The van der Waals surface area contributed by atoms with Crippen LogP contribution in [-0.4, -0.2) is 16.7 Å². The van der Waals surface area contributed by atoms with Gasteiger partial charge in [0, 0.05) is 23.3 Å². The zero-order valence-electron chi connectivity index (χ0n) is 15.2. The number of benzene rings is 2. The number of hydrogen-bond donors (Lipinski definition) is 1. The fourth-order valence-electron chi connectivity index (χ4n) is 2.82. The minimum Gasteiger partial charge on any atom is -0.318 e. The van der Waals surface area contributed by atoms with Crippen LogP contribution in [0.15, 0.2) is 71.8 Å². The fourth-order valence-corrected chi connectivity index (χ4v) is 3.08. The first-order valence-electron chi connectivity index (χ1n) is 8.56.